The smallest absolute Gasteiger partial charge is 0.335 e. The Labute approximate surface area is 200 Å². The van der Waals surface area contributed by atoms with Gasteiger partial charge in [-0.2, -0.15) is 0 Å². The molecule has 2 aromatic carbocycles. The van der Waals surface area contributed by atoms with Crippen LogP contribution in [0.2, 0.25) is 0 Å². The number of benzene rings is 2. The Morgan fingerprint density at radius 3 is 2.53 bits per heavy atom. The fourth-order valence-corrected chi connectivity index (χ4v) is 4.08. The third-order valence-electron chi connectivity index (χ3n) is 5.01. The molecule has 168 valence electrons. The van der Waals surface area contributed by atoms with Crippen molar-refractivity contribution in [1.82, 2.24) is 5.32 Å². The molecule has 0 aromatic heterocycles. The molecule has 1 saturated heterocycles. The standard InChI is InChI=1S/C24H25IN2O5/c1-5-10-32-21-18(25)12-16(13-20(21)31-6-2)11-17-22(28)26-24(30)27(23(17)29)19-9-7-8-14(3)15(19)4/h7-9,11-13H,5-6,10H2,1-4H3,(H,26,28,30)/b17-11+. The van der Waals surface area contributed by atoms with Crippen molar-refractivity contribution in [2.75, 3.05) is 18.1 Å². The van der Waals surface area contributed by atoms with Crippen molar-refractivity contribution >= 4 is 52.2 Å². The average molecular weight is 548 g/mol. The van der Waals surface area contributed by atoms with Gasteiger partial charge in [0.25, 0.3) is 11.8 Å². The first-order valence-electron chi connectivity index (χ1n) is 10.3. The number of nitrogens with zero attached hydrogens (tertiary/aromatic N) is 1. The lowest BCUT2D eigenvalue weighted by Crippen LogP contribution is -2.54. The summed E-state index contributed by atoms with van der Waals surface area (Å²) in [4.78, 5) is 39.3. The van der Waals surface area contributed by atoms with E-state index in [0.29, 0.717) is 36.0 Å². The average Bonchev–Trinajstić information content (AvgIpc) is 2.73. The lowest BCUT2D eigenvalue weighted by molar-refractivity contribution is -0.122. The number of anilines is 1. The molecule has 0 aliphatic carbocycles. The van der Waals surface area contributed by atoms with Crippen molar-refractivity contribution in [3.8, 4) is 11.5 Å². The Balaban J connectivity index is 2.05. The van der Waals surface area contributed by atoms with Crippen LogP contribution in [0.15, 0.2) is 35.9 Å². The number of amides is 4. The molecular formula is C24H25IN2O5. The van der Waals surface area contributed by atoms with Crippen LogP contribution in [0.5, 0.6) is 11.5 Å². The van der Waals surface area contributed by atoms with Crippen molar-refractivity contribution in [1.29, 1.82) is 0 Å². The number of carbonyl (C=O) groups excluding carboxylic acids is 3. The SMILES string of the molecule is CCCOc1c(I)cc(/C=C2\C(=O)NC(=O)N(c3cccc(C)c3C)C2=O)cc1OCC. The van der Waals surface area contributed by atoms with Crippen molar-refractivity contribution in [2.45, 2.75) is 34.1 Å². The number of barbiturate groups is 1. The van der Waals surface area contributed by atoms with Gasteiger partial charge in [-0.25, -0.2) is 9.69 Å². The molecule has 7 nitrogen and oxygen atoms in total. The number of carbonyl (C=O) groups is 3. The summed E-state index contributed by atoms with van der Waals surface area (Å²) in [6, 6.07) is 8.11. The molecule has 0 bridgehead atoms. The highest BCUT2D eigenvalue weighted by Crippen LogP contribution is 2.35. The molecule has 3 rings (SSSR count). The lowest BCUT2D eigenvalue weighted by atomic mass is 10.0. The van der Waals surface area contributed by atoms with Crippen LogP contribution in [-0.4, -0.2) is 31.1 Å². The van der Waals surface area contributed by atoms with Gasteiger partial charge < -0.3 is 9.47 Å². The summed E-state index contributed by atoms with van der Waals surface area (Å²) in [6.45, 7) is 8.59. The highest BCUT2D eigenvalue weighted by Gasteiger charge is 2.37. The minimum atomic E-state index is -0.765. The third kappa shape index (κ3) is 4.79. The number of hydrogen-bond donors (Lipinski definition) is 1. The molecule has 32 heavy (non-hydrogen) atoms. The van der Waals surface area contributed by atoms with Crippen LogP contribution in [0.3, 0.4) is 0 Å². The summed E-state index contributed by atoms with van der Waals surface area (Å²) in [5, 5.41) is 2.27. The number of aryl methyl sites for hydroxylation is 1. The molecule has 1 aliphatic rings. The van der Waals surface area contributed by atoms with Gasteiger partial charge in [-0.3, -0.25) is 14.9 Å². The Morgan fingerprint density at radius 2 is 1.84 bits per heavy atom. The Bertz CT molecular complexity index is 1110. The molecule has 1 fully saturated rings. The number of nitrogens with one attached hydrogen (secondary N) is 1. The van der Waals surface area contributed by atoms with Gasteiger partial charge in [-0.15, -0.1) is 0 Å². The van der Waals surface area contributed by atoms with Crippen LogP contribution in [0, 0.1) is 17.4 Å². The number of halogens is 1. The van der Waals surface area contributed by atoms with Crippen LogP contribution >= 0.6 is 22.6 Å². The largest absolute Gasteiger partial charge is 0.490 e. The number of urea groups is 1. The van der Waals surface area contributed by atoms with Crippen molar-refractivity contribution in [2.24, 2.45) is 0 Å². The van der Waals surface area contributed by atoms with E-state index in [1.54, 1.807) is 24.3 Å². The van der Waals surface area contributed by atoms with Gasteiger partial charge in [0.15, 0.2) is 11.5 Å². The summed E-state index contributed by atoms with van der Waals surface area (Å²) in [5.41, 5.74) is 2.62. The maximum absolute atomic E-state index is 13.2. The highest BCUT2D eigenvalue weighted by atomic mass is 127. The van der Waals surface area contributed by atoms with E-state index in [1.807, 2.05) is 33.8 Å². The summed E-state index contributed by atoms with van der Waals surface area (Å²) in [5.74, 6) is -0.249. The first-order valence-corrected chi connectivity index (χ1v) is 11.4. The van der Waals surface area contributed by atoms with E-state index >= 15 is 0 Å². The molecule has 0 unspecified atom stereocenters. The zero-order valence-corrected chi connectivity index (χ0v) is 20.6. The van der Waals surface area contributed by atoms with E-state index in [2.05, 4.69) is 27.9 Å². The molecule has 0 saturated carbocycles. The first kappa shape index (κ1) is 23.8. The van der Waals surface area contributed by atoms with Gasteiger partial charge in [0.1, 0.15) is 5.57 Å². The molecule has 0 spiro atoms. The van der Waals surface area contributed by atoms with Crippen molar-refractivity contribution in [3.05, 3.63) is 56.2 Å². The van der Waals surface area contributed by atoms with Crippen LogP contribution in [0.4, 0.5) is 10.5 Å². The monoisotopic (exact) mass is 548 g/mol. The Kier molecular flexibility index (Phi) is 7.55. The second kappa shape index (κ2) is 10.2. The summed E-state index contributed by atoms with van der Waals surface area (Å²) in [7, 11) is 0. The molecular weight excluding hydrogens is 523 g/mol. The topological polar surface area (TPSA) is 84.9 Å². The second-order valence-corrected chi connectivity index (χ2v) is 8.45. The zero-order valence-electron chi connectivity index (χ0n) is 18.5. The molecule has 4 amide bonds. The van der Waals surface area contributed by atoms with Crippen molar-refractivity contribution in [3.63, 3.8) is 0 Å². The maximum atomic E-state index is 13.2. The summed E-state index contributed by atoms with van der Waals surface area (Å²) < 4.78 is 12.3. The Morgan fingerprint density at radius 1 is 1.09 bits per heavy atom. The second-order valence-electron chi connectivity index (χ2n) is 7.29. The van der Waals surface area contributed by atoms with E-state index in [0.717, 1.165) is 26.0 Å². The molecule has 1 N–H and O–H groups in total. The van der Waals surface area contributed by atoms with Gasteiger partial charge >= 0.3 is 6.03 Å². The first-order chi connectivity index (χ1) is 15.3. The molecule has 8 heteroatoms. The van der Waals surface area contributed by atoms with E-state index < -0.39 is 17.8 Å². The Hall–Kier alpha value is -2.88. The minimum Gasteiger partial charge on any atom is -0.490 e. The molecule has 1 heterocycles. The minimum absolute atomic E-state index is 0.133. The molecule has 2 aromatic rings. The summed E-state index contributed by atoms with van der Waals surface area (Å²) >= 11 is 2.14. The number of rotatable bonds is 7. The van der Waals surface area contributed by atoms with Crippen LogP contribution in [-0.2, 0) is 9.59 Å². The van der Waals surface area contributed by atoms with Gasteiger partial charge in [0.05, 0.1) is 22.5 Å². The normalized spacial score (nSPS) is 15.2. The van der Waals surface area contributed by atoms with E-state index in [9.17, 15) is 14.4 Å². The maximum Gasteiger partial charge on any atom is 0.335 e. The van der Waals surface area contributed by atoms with E-state index in [4.69, 9.17) is 9.47 Å². The fourth-order valence-electron chi connectivity index (χ4n) is 3.30. The molecule has 0 atom stereocenters. The zero-order chi connectivity index (χ0) is 23.4. The summed E-state index contributed by atoms with van der Waals surface area (Å²) in [6.07, 6.45) is 2.32. The highest BCUT2D eigenvalue weighted by molar-refractivity contribution is 14.1. The molecule has 1 aliphatic heterocycles. The van der Waals surface area contributed by atoms with Gasteiger partial charge in [-0.1, -0.05) is 19.1 Å². The number of hydrogen-bond acceptors (Lipinski definition) is 5. The van der Waals surface area contributed by atoms with Gasteiger partial charge in [0.2, 0.25) is 0 Å². The quantitative estimate of drug-likeness (QED) is 0.307. The predicted octanol–water partition coefficient (Wildman–Crippen LogP) is 4.76. The lowest BCUT2D eigenvalue weighted by Gasteiger charge is -2.28. The van der Waals surface area contributed by atoms with Crippen molar-refractivity contribution < 1.29 is 23.9 Å². The molecule has 0 radical (unpaired) electrons. The number of imide groups is 2. The van der Waals surface area contributed by atoms with Crippen LogP contribution in [0.25, 0.3) is 6.08 Å². The third-order valence-corrected chi connectivity index (χ3v) is 5.81. The van der Waals surface area contributed by atoms with E-state index in [1.165, 1.54) is 6.08 Å². The van der Waals surface area contributed by atoms with Gasteiger partial charge in [0, 0.05) is 0 Å². The fraction of sp³-hybridized carbons (Fsp3) is 0.292. The van der Waals surface area contributed by atoms with E-state index in [-0.39, 0.29) is 5.57 Å². The van der Waals surface area contributed by atoms with Crippen LogP contribution < -0.4 is 19.7 Å². The van der Waals surface area contributed by atoms with Crippen LogP contribution in [0.1, 0.15) is 37.0 Å². The number of ether oxygens (including phenoxy) is 2. The predicted molar refractivity (Wildman–Crippen MR) is 131 cm³/mol. The van der Waals surface area contributed by atoms with Gasteiger partial charge in [-0.05, 0) is 90.7 Å².